The van der Waals surface area contributed by atoms with Crippen LogP contribution in [0, 0.1) is 6.92 Å². The first-order chi connectivity index (χ1) is 8.49. The predicted octanol–water partition coefficient (Wildman–Crippen LogP) is 2.73. The van der Waals surface area contributed by atoms with Crippen molar-refractivity contribution < 1.29 is 4.79 Å². The number of aromatic nitrogens is 1. The first kappa shape index (κ1) is 13.3. The number of thiophene rings is 1. The first-order valence-electron chi connectivity index (χ1n) is 5.17. The Morgan fingerprint density at radius 1 is 1.50 bits per heavy atom. The number of rotatable bonds is 3. The van der Waals surface area contributed by atoms with Crippen LogP contribution in [0.4, 0.5) is 0 Å². The lowest BCUT2D eigenvalue weighted by Crippen LogP contribution is -2.25. The van der Waals surface area contributed by atoms with Gasteiger partial charge >= 0.3 is 0 Å². The molecule has 7 heteroatoms. The molecule has 0 aromatic carbocycles. The summed E-state index contributed by atoms with van der Waals surface area (Å²) in [5, 5.41) is -0.0285. The minimum Gasteiger partial charge on any atom is -0.336 e. The van der Waals surface area contributed by atoms with Crippen LogP contribution in [0.25, 0.3) is 0 Å². The van der Waals surface area contributed by atoms with Gasteiger partial charge in [0, 0.05) is 16.8 Å². The lowest BCUT2D eigenvalue weighted by atomic mass is 10.3. The van der Waals surface area contributed by atoms with Crippen LogP contribution in [0.5, 0.6) is 0 Å². The highest BCUT2D eigenvalue weighted by Crippen LogP contribution is 2.20. The van der Waals surface area contributed by atoms with E-state index in [0.717, 1.165) is 16.4 Å². The highest BCUT2D eigenvalue weighted by atomic mass is 35.5. The molecule has 0 aliphatic carbocycles. The third-order valence-corrected chi connectivity index (χ3v) is 4.70. The second-order valence-corrected chi connectivity index (χ2v) is 6.42. The fraction of sp³-hybridized carbons (Fsp3) is 0.273. The molecule has 0 atom stereocenters. The number of nitrogens with one attached hydrogen (secondary N) is 1. The summed E-state index contributed by atoms with van der Waals surface area (Å²) in [4.78, 5) is 27.4. The molecule has 2 heterocycles. The van der Waals surface area contributed by atoms with Gasteiger partial charge in [-0.3, -0.25) is 14.0 Å². The van der Waals surface area contributed by atoms with E-state index < -0.39 is 5.56 Å². The molecule has 1 amide bonds. The van der Waals surface area contributed by atoms with Gasteiger partial charge in [-0.15, -0.1) is 11.3 Å². The van der Waals surface area contributed by atoms with Gasteiger partial charge in [-0.05, 0) is 19.1 Å². The number of H-pyrrole nitrogens is 1. The van der Waals surface area contributed by atoms with Gasteiger partial charge in [0.15, 0.2) is 0 Å². The van der Waals surface area contributed by atoms with Crippen LogP contribution in [0.2, 0.25) is 5.02 Å². The van der Waals surface area contributed by atoms with Crippen molar-refractivity contribution in [1.82, 2.24) is 9.27 Å². The number of carbonyl (C=O) groups excluding carboxylic acids is 1. The number of carbonyl (C=O) groups is 1. The third kappa shape index (κ3) is 2.66. The van der Waals surface area contributed by atoms with Gasteiger partial charge in [0.05, 0.1) is 6.54 Å². The zero-order valence-electron chi connectivity index (χ0n) is 9.82. The van der Waals surface area contributed by atoms with E-state index in [2.05, 4.69) is 4.37 Å². The van der Waals surface area contributed by atoms with E-state index >= 15 is 0 Å². The highest BCUT2D eigenvalue weighted by Gasteiger charge is 2.20. The van der Waals surface area contributed by atoms with Crippen molar-refractivity contribution >= 4 is 40.4 Å². The maximum absolute atomic E-state index is 12.1. The molecule has 2 aromatic rings. The van der Waals surface area contributed by atoms with Crippen LogP contribution in [0.1, 0.15) is 19.4 Å². The minimum absolute atomic E-state index is 0.0285. The molecule has 2 rings (SSSR count). The molecule has 0 spiro atoms. The Balaban J connectivity index is 2.14. The van der Waals surface area contributed by atoms with Gasteiger partial charge < -0.3 is 4.90 Å². The van der Waals surface area contributed by atoms with Gasteiger partial charge in [-0.25, -0.2) is 0 Å². The molecule has 0 radical (unpaired) electrons. The van der Waals surface area contributed by atoms with Crippen LogP contribution in [0.15, 0.2) is 16.9 Å². The highest BCUT2D eigenvalue weighted by molar-refractivity contribution is 7.11. The standard InChI is InChI=1S/C11H11ClN2O2S2/c1-6-3-4-7(17-6)5-14(2)11(16)9-8(12)10(15)13-18-9/h3-4H,5H2,1-2H3,(H,13,15). The van der Waals surface area contributed by atoms with Crippen molar-refractivity contribution in [3.05, 3.63) is 42.1 Å². The normalized spacial score (nSPS) is 10.6. The smallest absolute Gasteiger partial charge is 0.277 e. The lowest BCUT2D eigenvalue weighted by molar-refractivity contribution is 0.0791. The van der Waals surface area contributed by atoms with Crippen LogP contribution in [0.3, 0.4) is 0 Å². The topological polar surface area (TPSA) is 53.2 Å². The van der Waals surface area contributed by atoms with Crippen molar-refractivity contribution in [2.24, 2.45) is 0 Å². The Morgan fingerprint density at radius 3 is 2.72 bits per heavy atom. The van der Waals surface area contributed by atoms with Gasteiger partial charge in [0.1, 0.15) is 9.90 Å². The van der Waals surface area contributed by atoms with Crippen molar-refractivity contribution in [3.8, 4) is 0 Å². The van der Waals surface area contributed by atoms with E-state index in [1.165, 1.54) is 4.88 Å². The lowest BCUT2D eigenvalue weighted by Gasteiger charge is -2.14. The van der Waals surface area contributed by atoms with Gasteiger partial charge in [-0.1, -0.05) is 23.1 Å². The van der Waals surface area contributed by atoms with E-state index in [1.54, 1.807) is 23.3 Å². The molecule has 0 aliphatic rings. The van der Waals surface area contributed by atoms with Crippen LogP contribution < -0.4 is 5.56 Å². The average molecular weight is 303 g/mol. The summed E-state index contributed by atoms with van der Waals surface area (Å²) in [6, 6.07) is 4.00. The monoisotopic (exact) mass is 302 g/mol. The Bertz CT molecular complexity index is 629. The molecule has 96 valence electrons. The van der Waals surface area contributed by atoms with Crippen molar-refractivity contribution in [3.63, 3.8) is 0 Å². The second-order valence-electron chi connectivity index (χ2n) is 3.85. The molecule has 2 aromatic heterocycles. The molecule has 0 aliphatic heterocycles. The fourth-order valence-corrected chi connectivity index (χ4v) is 3.44. The number of nitrogens with zero attached hydrogens (tertiary/aromatic N) is 1. The summed E-state index contributed by atoms with van der Waals surface area (Å²) in [6.07, 6.45) is 0. The number of hydrogen-bond donors (Lipinski definition) is 1. The molecule has 0 saturated carbocycles. The van der Waals surface area contributed by atoms with E-state index in [4.69, 9.17) is 11.6 Å². The third-order valence-electron chi connectivity index (χ3n) is 2.37. The van der Waals surface area contributed by atoms with Crippen LogP contribution in [-0.4, -0.2) is 22.2 Å². The van der Waals surface area contributed by atoms with Gasteiger partial charge in [0.2, 0.25) is 0 Å². The second kappa shape index (κ2) is 5.26. The summed E-state index contributed by atoms with van der Waals surface area (Å²) in [7, 11) is 1.69. The molecule has 18 heavy (non-hydrogen) atoms. The predicted molar refractivity (Wildman–Crippen MR) is 74.8 cm³/mol. The van der Waals surface area contributed by atoms with Crippen LogP contribution >= 0.6 is 34.5 Å². The number of hydrogen-bond acceptors (Lipinski definition) is 4. The van der Waals surface area contributed by atoms with Gasteiger partial charge in [-0.2, -0.15) is 0 Å². The zero-order valence-corrected chi connectivity index (χ0v) is 12.2. The Kier molecular flexibility index (Phi) is 3.89. The minimum atomic E-state index is -0.412. The molecule has 0 saturated heterocycles. The Labute approximate surface area is 117 Å². The molecule has 0 fully saturated rings. The van der Waals surface area contributed by atoms with Crippen molar-refractivity contribution in [1.29, 1.82) is 0 Å². The van der Waals surface area contributed by atoms with Crippen LogP contribution in [-0.2, 0) is 6.54 Å². The summed E-state index contributed by atoms with van der Waals surface area (Å²) >= 11 is 8.39. The first-order valence-corrected chi connectivity index (χ1v) is 7.18. The molecule has 1 N–H and O–H groups in total. The zero-order chi connectivity index (χ0) is 13.3. The largest absolute Gasteiger partial charge is 0.336 e. The molecule has 0 bridgehead atoms. The molecular weight excluding hydrogens is 292 g/mol. The summed E-state index contributed by atoms with van der Waals surface area (Å²) in [5.74, 6) is -0.241. The van der Waals surface area contributed by atoms with Crippen molar-refractivity contribution in [2.45, 2.75) is 13.5 Å². The maximum Gasteiger partial charge on any atom is 0.277 e. The number of halogens is 1. The SMILES string of the molecule is Cc1ccc(CN(C)C(=O)c2s[nH]c(=O)c2Cl)s1. The number of aromatic amines is 1. The van der Waals surface area contributed by atoms with Gasteiger partial charge in [0.25, 0.3) is 11.5 Å². The number of aryl methyl sites for hydroxylation is 1. The maximum atomic E-state index is 12.1. The molecule has 0 unspecified atom stereocenters. The van der Waals surface area contributed by atoms with E-state index in [1.807, 2.05) is 19.1 Å². The fourth-order valence-electron chi connectivity index (χ4n) is 1.48. The van der Waals surface area contributed by atoms with E-state index in [9.17, 15) is 9.59 Å². The van der Waals surface area contributed by atoms with Crippen molar-refractivity contribution in [2.75, 3.05) is 7.05 Å². The Morgan fingerprint density at radius 2 is 2.22 bits per heavy atom. The summed E-state index contributed by atoms with van der Waals surface area (Å²) in [5.41, 5.74) is -0.412. The number of amides is 1. The Hall–Kier alpha value is -1.11. The molecule has 4 nitrogen and oxygen atoms in total. The molecular formula is C11H11ClN2O2S2. The summed E-state index contributed by atoms with van der Waals surface area (Å²) < 4.78 is 2.45. The quantitative estimate of drug-likeness (QED) is 0.948. The summed E-state index contributed by atoms with van der Waals surface area (Å²) in [6.45, 7) is 2.53. The van der Waals surface area contributed by atoms with E-state index in [-0.39, 0.29) is 15.8 Å². The average Bonchev–Trinajstić information content (AvgIpc) is 2.87. The van der Waals surface area contributed by atoms with E-state index in [0.29, 0.717) is 6.54 Å².